The highest BCUT2D eigenvalue weighted by atomic mass is 32.1. The number of nitrogens with one attached hydrogen (secondary N) is 11. The van der Waals surface area contributed by atoms with Crippen LogP contribution in [0.15, 0.2) is 48.5 Å². The Kier molecular flexibility index (Phi) is 31.1. The van der Waals surface area contributed by atoms with Gasteiger partial charge in [0.05, 0.1) is 51.0 Å². The number of amides is 14. The van der Waals surface area contributed by atoms with Gasteiger partial charge in [0.1, 0.15) is 66.1 Å². The van der Waals surface area contributed by atoms with Crippen LogP contribution in [-0.2, 0) is 84.8 Å². The summed E-state index contributed by atoms with van der Waals surface area (Å²) in [7, 11) is 0. The average Bonchev–Trinajstić information content (AvgIpc) is 2.77. The minimum atomic E-state index is -1.77. The van der Waals surface area contributed by atoms with Gasteiger partial charge in [0.2, 0.25) is 82.7 Å². The van der Waals surface area contributed by atoms with Crippen LogP contribution in [0.25, 0.3) is 0 Å². The molecule has 0 heterocycles. The Bertz CT molecular complexity index is 2780. The summed E-state index contributed by atoms with van der Waals surface area (Å²) in [5, 5.41) is 54.9. The van der Waals surface area contributed by atoms with Gasteiger partial charge in [-0.1, -0.05) is 38.1 Å². The number of thiol groups is 2. The van der Waals surface area contributed by atoms with E-state index in [2.05, 4.69) is 83.7 Å². The largest absolute Gasteiger partial charge is 0.508 e. The number of phenols is 2. The highest BCUT2D eigenvalue weighted by Crippen LogP contribution is 2.14. The van der Waals surface area contributed by atoms with Crippen LogP contribution in [0.1, 0.15) is 51.2 Å². The normalized spacial score (nSPS) is 14.3. The van der Waals surface area contributed by atoms with Crippen molar-refractivity contribution in [2.75, 3.05) is 31.2 Å². The lowest BCUT2D eigenvalue weighted by Gasteiger charge is -2.27. The van der Waals surface area contributed by atoms with Crippen LogP contribution < -0.4 is 81.4 Å². The maximum atomic E-state index is 14.0. The zero-order valence-corrected chi connectivity index (χ0v) is 48.6. The molecule has 35 heteroatoms. The molecule has 0 aliphatic carbocycles. The van der Waals surface area contributed by atoms with Crippen molar-refractivity contribution in [3.8, 4) is 11.5 Å². The van der Waals surface area contributed by atoms with E-state index in [4.69, 9.17) is 22.9 Å². The Morgan fingerprint density at radius 3 is 1.22 bits per heavy atom. The van der Waals surface area contributed by atoms with E-state index in [9.17, 15) is 87.2 Å². The number of benzene rings is 2. The third-order valence-electron chi connectivity index (χ3n) is 12.0. The number of hydrogen-bond acceptors (Lipinski definition) is 21. The molecule has 2 rings (SSSR count). The van der Waals surface area contributed by atoms with Crippen LogP contribution >= 0.6 is 25.3 Å². The SMILES string of the molecule is CC(N)C(=O)NC(CS)C(=O)NC(CO)C(=O)NC(Cc1ccc(O)cc1)C(=O)NCC(=O)NC(CC(N)=O)C(=O)NCC(=O)NC(C(=O)NC(Cc1ccc(O)cc1)C(=O)NC(CS)C(=O)NC(CC(N)=O)C(=O)NC(C=O)CC(N)=O)C(C)C. The Hall–Kier alpha value is -9.09. The number of primary amides is 3. The van der Waals surface area contributed by atoms with Crippen molar-refractivity contribution in [3.05, 3.63) is 59.7 Å². The van der Waals surface area contributed by atoms with Crippen molar-refractivity contribution in [2.24, 2.45) is 28.9 Å². The number of rotatable bonds is 37. The van der Waals surface area contributed by atoms with Crippen molar-refractivity contribution >= 4 is 114 Å². The predicted molar refractivity (Wildman–Crippen MR) is 308 cm³/mol. The molecule has 86 heavy (non-hydrogen) atoms. The second kappa shape index (κ2) is 36.6. The number of nitrogens with two attached hydrogens (primary N) is 4. The molecule has 22 N–H and O–H groups in total. The molecule has 14 amide bonds. The number of aliphatic hydroxyl groups excluding tert-OH is 1. The van der Waals surface area contributed by atoms with Crippen LogP contribution in [0.2, 0.25) is 0 Å². The Morgan fingerprint density at radius 2 is 0.802 bits per heavy atom. The first-order valence-corrected chi connectivity index (χ1v) is 27.4. The van der Waals surface area contributed by atoms with E-state index in [1.54, 1.807) is 0 Å². The van der Waals surface area contributed by atoms with Crippen LogP contribution in [-0.4, -0.2) is 196 Å². The first-order valence-electron chi connectivity index (χ1n) is 26.1. The van der Waals surface area contributed by atoms with Gasteiger partial charge in [-0.25, -0.2) is 0 Å². The van der Waals surface area contributed by atoms with E-state index >= 15 is 0 Å². The van der Waals surface area contributed by atoms with Crippen LogP contribution in [0, 0.1) is 5.92 Å². The molecule has 2 aromatic rings. The van der Waals surface area contributed by atoms with Gasteiger partial charge in [-0.15, -0.1) is 0 Å². The molecule has 0 aromatic heterocycles. The van der Waals surface area contributed by atoms with E-state index in [-0.39, 0.29) is 36.4 Å². The van der Waals surface area contributed by atoms with Crippen molar-refractivity contribution in [1.29, 1.82) is 0 Å². The van der Waals surface area contributed by atoms with Crippen molar-refractivity contribution in [3.63, 3.8) is 0 Å². The summed E-state index contributed by atoms with van der Waals surface area (Å²) in [5.74, 6) is -16.1. The average molecular weight is 1250 g/mol. The van der Waals surface area contributed by atoms with Crippen molar-refractivity contribution in [2.45, 2.75) is 113 Å². The number of aromatic hydroxyl groups is 2. The van der Waals surface area contributed by atoms with Gasteiger partial charge in [-0.05, 0) is 48.2 Å². The monoisotopic (exact) mass is 1250 g/mol. The molecule has 33 nitrogen and oxygen atoms in total. The summed E-state index contributed by atoms with van der Waals surface area (Å²) >= 11 is 8.16. The topological polar surface area (TPSA) is 553 Å². The molecule has 0 spiro atoms. The van der Waals surface area contributed by atoms with Gasteiger partial charge >= 0.3 is 0 Å². The van der Waals surface area contributed by atoms with E-state index < -0.39 is 194 Å². The lowest BCUT2D eigenvalue weighted by atomic mass is 10.0. The molecule has 472 valence electrons. The minimum Gasteiger partial charge on any atom is -0.508 e. The quantitative estimate of drug-likeness (QED) is 0.0221. The van der Waals surface area contributed by atoms with Crippen molar-refractivity contribution < 1.29 is 87.2 Å². The molecular weight excluding hydrogens is 1170 g/mol. The van der Waals surface area contributed by atoms with E-state index in [1.165, 1.54) is 69.3 Å². The smallest absolute Gasteiger partial charge is 0.245 e. The zero-order chi connectivity index (χ0) is 65.0. The number of carbonyl (C=O) groups excluding carboxylic acids is 15. The number of phenolic OH excluding ortho intramolecular Hbond substituents is 2. The lowest BCUT2D eigenvalue weighted by Crippen LogP contribution is -2.60. The third kappa shape index (κ3) is 26.2. The van der Waals surface area contributed by atoms with E-state index in [0.717, 1.165) is 0 Å². The molecule has 0 aliphatic rings. The summed E-state index contributed by atoms with van der Waals surface area (Å²) in [6.45, 7) is 1.57. The van der Waals surface area contributed by atoms with Crippen LogP contribution in [0.3, 0.4) is 0 Å². The second-order valence-corrected chi connectivity index (χ2v) is 20.3. The van der Waals surface area contributed by atoms with Gasteiger partial charge in [-0.3, -0.25) is 67.1 Å². The highest BCUT2D eigenvalue weighted by Gasteiger charge is 2.35. The summed E-state index contributed by atoms with van der Waals surface area (Å²) in [4.78, 5) is 193. The summed E-state index contributed by atoms with van der Waals surface area (Å²) < 4.78 is 0. The standard InChI is InChI=1S/C51H73N15O18S2/c1-23(2)42(51(84)62-31(13-26-6-10-29(70)11-7-26)47(80)65-36(22-86)49(82)61-33(16-39(55)73)46(79)58-27(19-67)14-37(53)71)66-41(75)18-57-45(78)32(15-38(54)72)59-40(74)17-56-44(77)30(12-25-4-8-28(69)9-5-25)60-48(81)34(20-68)63-50(83)35(21-85)64-43(76)24(3)52/h4-11,19,23-24,27,30-36,42,68-70,85-86H,12-18,20-22,52H2,1-3H3,(H2,53,71)(H2,54,72)(H2,55,73)(H,56,77)(H,57,78)(H,58,79)(H,59,74)(H,60,81)(H,61,82)(H,62,84)(H,63,83)(H,64,76)(H,65,80)(H,66,75). The van der Waals surface area contributed by atoms with E-state index in [1.807, 2.05) is 0 Å². The molecule has 0 saturated carbocycles. The zero-order valence-electron chi connectivity index (χ0n) is 46.8. The minimum absolute atomic E-state index is 0.142. The van der Waals surface area contributed by atoms with Crippen LogP contribution in [0.4, 0.5) is 0 Å². The van der Waals surface area contributed by atoms with Gasteiger partial charge in [0, 0.05) is 24.3 Å². The molecule has 0 bridgehead atoms. The molecule has 10 atom stereocenters. The fraction of sp³-hybridized carbons (Fsp3) is 0.471. The van der Waals surface area contributed by atoms with Gasteiger partial charge < -0.3 is 102 Å². The third-order valence-corrected chi connectivity index (χ3v) is 12.7. The van der Waals surface area contributed by atoms with E-state index in [0.29, 0.717) is 11.1 Å². The fourth-order valence-electron chi connectivity index (χ4n) is 7.43. The van der Waals surface area contributed by atoms with Gasteiger partial charge in [-0.2, -0.15) is 25.3 Å². The first-order chi connectivity index (χ1) is 40.4. The molecule has 0 aliphatic heterocycles. The molecule has 2 aromatic carbocycles. The number of hydrogen-bond donors (Lipinski definition) is 20. The van der Waals surface area contributed by atoms with Gasteiger partial charge in [0.25, 0.3) is 0 Å². The Balaban J connectivity index is 2.24. The lowest BCUT2D eigenvalue weighted by molar-refractivity contribution is -0.135. The predicted octanol–water partition coefficient (Wildman–Crippen LogP) is -8.84. The molecular formula is C51H73N15O18S2. The summed E-state index contributed by atoms with van der Waals surface area (Å²) in [5.41, 5.74) is 22.0. The summed E-state index contributed by atoms with van der Waals surface area (Å²) in [6, 6.07) is -4.33. The second-order valence-electron chi connectivity index (χ2n) is 19.6. The Morgan fingerprint density at radius 1 is 0.453 bits per heavy atom. The van der Waals surface area contributed by atoms with Crippen LogP contribution in [0.5, 0.6) is 11.5 Å². The highest BCUT2D eigenvalue weighted by molar-refractivity contribution is 7.80. The number of aldehydes is 1. The fourth-order valence-corrected chi connectivity index (χ4v) is 7.94. The Labute approximate surface area is 502 Å². The number of carbonyl (C=O) groups is 15. The first kappa shape index (κ1) is 73.0. The molecule has 0 fully saturated rings. The maximum absolute atomic E-state index is 14.0. The number of aliphatic hydroxyl groups is 1. The van der Waals surface area contributed by atoms with Gasteiger partial charge in [0.15, 0.2) is 0 Å². The summed E-state index contributed by atoms with van der Waals surface area (Å²) in [6.07, 6.45) is -2.67. The maximum Gasteiger partial charge on any atom is 0.245 e. The molecule has 10 unspecified atom stereocenters. The molecule has 0 radical (unpaired) electrons. The van der Waals surface area contributed by atoms with Crippen molar-refractivity contribution in [1.82, 2.24) is 58.5 Å². The molecule has 0 saturated heterocycles.